The number of para-hydroxylation sites is 1. The third kappa shape index (κ3) is 2.92. The third-order valence-electron chi connectivity index (χ3n) is 4.44. The molecule has 0 bridgehead atoms. The summed E-state index contributed by atoms with van der Waals surface area (Å²) in [7, 11) is 1.51. The van der Waals surface area contributed by atoms with Gasteiger partial charge in [-0.05, 0) is 30.3 Å². The number of aromatic carboxylic acids is 1. The number of carboxylic acids is 1. The van der Waals surface area contributed by atoms with Gasteiger partial charge < -0.3 is 19.6 Å². The Morgan fingerprint density at radius 2 is 2.07 bits per heavy atom. The van der Waals surface area contributed by atoms with Crippen LogP contribution >= 0.6 is 0 Å². The van der Waals surface area contributed by atoms with Crippen LogP contribution in [0.5, 0.6) is 11.5 Å². The van der Waals surface area contributed by atoms with Crippen molar-refractivity contribution < 1.29 is 19.4 Å². The highest BCUT2D eigenvalue weighted by molar-refractivity contribution is 6.11. The standard InChI is InChI=1S/C21H15N3O4/c1-27-11-15-19-14-8-13(28-18-5-3-2-4-12(18)9-22)6-7-16(14)24-17(19)10-23-20(15)21(25)26/h2-8,10,24H,11H2,1H3,(H,25,26). The fourth-order valence-corrected chi connectivity index (χ4v) is 3.25. The number of methoxy groups -OCH3 is 1. The molecule has 0 radical (unpaired) electrons. The predicted octanol–water partition coefficient (Wildman–Crippen LogP) is 4.22. The molecule has 2 heterocycles. The SMILES string of the molecule is COCc1c(C(=O)O)ncc2[nH]c3ccc(Oc4ccccc4C#N)cc3c12. The average Bonchev–Trinajstić information content (AvgIpc) is 3.07. The van der Waals surface area contributed by atoms with Crippen molar-refractivity contribution in [1.82, 2.24) is 9.97 Å². The first-order chi connectivity index (χ1) is 13.6. The van der Waals surface area contributed by atoms with Gasteiger partial charge in [-0.1, -0.05) is 12.1 Å². The van der Waals surface area contributed by atoms with Gasteiger partial charge in [0.25, 0.3) is 0 Å². The lowest BCUT2D eigenvalue weighted by Crippen LogP contribution is -2.07. The molecule has 4 aromatic rings. The van der Waals surface area contributed by atoms with E-state index in [0.717, 1.165) is 16.3 Å². The van der Waals surface area contributed by atoms with E-state index in [1.54, 1.807) is 30.3 Å². The first-order valence-corrected chi connectivity index (χ1v) is 8.45. The van der Waals surface area contributed by atoms with Crippen LogP contribution in [0.3, 0.4) is 0 Å². The number of rotatable bonds is 5. The van der Waals surface area contributed by atoms with Crippen LogP contribution in [-0.4, -0.2) is 28.2 Å². The first kappa shape index (κ1) is 17.5. The minimum Gasteiger partial charge on any atom is -0.477 e. The number of aromatic nitrogens is 2. The van der Waals surface area contributed by atoms with E-state index in [9.17, 15) is 15.2 Å². The van der Waals surface area contributed by atoms with E-state index in [-0.39, 0.29) is 12.3 Å². The number of nitriles is 1. The van der Waals surface area contributed by atoms with Crippen LogP contribution in [0.2, 0.25) is 0 Å². The second-order valence-corrected chi connectivity index (χ2v) is 6.15. The summed E-state index contributed by atoms with van der Waals surface area (Å²) in [5.74, 6) is -0.124. The summed E-state index contributed by atoms with van der Waals surface area (Å²) in [6.07, 6.45) is 1.50. The molecule has 7 nitrogen and oxygen atoms in total. The van der Waals surface area contributed by atoms with Gasteiger partial charge >= 0.3 is 5.97 Å². The van der Waals surface area contributed by atoms with Crippen molar-refractivity contribution in [3.05, 3.63) is 65.5 Å². The van der Waals surface area contributed by atoms with Crippen LogP contribution < -0.4 is 4.74 Å². The molecule has 0 aliphatic heterocycles. The lowest BCUT2D eigenvalue weighted by molar-refractivity contribution is 0.0685. The Labute approximate surface area is 159 Å². The zero-order chi connectivity index (χ0) is 19.7. The lowest BCUT2D eigenvalue weighted by Gasteiger charge is -2.08. The number of nitrogens with one attached hydrogen (secondary N) is 1. The van der Waals surface area contributed by atoms with E-state index >= 15 is 0 Å². The number of pyridine rings is 1. The number of carboxylic acid groups (broad SMARTS) is 1. The van der Waals surface area contributed by atoms with Crippen molar-refractivity contribution in [1.29, 1.82) is 5.26 Å². The van der Waals surface area contributed by atoms with Crippen LogP contribution in [0.1, 0.15) is 21.6 Å². The highest BCUT2D eigenvalue weighted by Gasteiger charge is 2.19. The number of ether oxygens (including phenoxy) is 2. The Bertz CT molecular complexity index is 1250. The van der Waals surface area contributed by atoms with Crippen LogP contribution in [0.15, 0.2) is 48.7 Å². The topological polar surface area (TPSA) is 108 Å². The molecule has 0 spiro atoms. The molecule has 7 heteroatoms. The van der Waals surface area contributed by atoms with Crippen molar-refractivity contribution in [2.75, 3.05) is 7.11 Å². The second-order valence-electron chi connectivity index (χ2n) is 6.15. The quantitative estimate of drug-likeness (QED) is 0.542. The number of hydrogen-bond acceptors (Lipinski definition) is 5. The van der Waals surface area contributed by atoms with E-state index in [1.807, 2.05) is 12.1 Å². The van der Waals surface area contributed by atoms with Gasteiger partial charge in [0.05, 0.1) is 23.9 Å². The Hall–Kier alpha value is -3.89. The van der Waals surface area contributed by atoms with Gasteiger partial charge in [-0.15, -0.1) is 0 Å². The van der Waals surface area contributed by atoms with Crippen molar-refractivity contribution in [2.45, 2.75) is 6.61 Å². The van der Waals surface area contributed by atoms with E-state index < -0.39 is 5.97 Å². The maximum atomic E-state index is 11.6. The number of nitrogens with zero attached hydrogens (tertiary/aromatic N) is 2. The molecule has 0 saturated carbocycles. The number of aromatic amines is 1. The average molecular weight is 373 g/mol. The number of carbonyl (C=O) groups is 1. The molecular formula is C21H15N3O4. The fourth-order valence-electron chi connectivity index (χ4n) is 3.25. The Kier molecular flexibility index (Phi) is 4.39. The van der Waals surface area contributed by atoms with Gasteiger partial charge in [0.15, 0.2) is 5.69 Å². The summed E-state index contributed by atoms with van der Waals surface area (Å²) in [4.78, 5) is 18.9. The Morgan fingerprint density at radius 3 is 2.82 bits per heavy atom. The molecule has 2 aromatic heterocycles. The minimum absolute atomic E-state index is 0.0450. The molecule has 0 aliphatic carbocycles. The van der Waals surface area contributed by atoms with E-state index in [1.165, 1.54) is 13.3 Å². The van der Waals surface area contributed by atoms with Gasteiger partial charge in [-0.25, -0.2) is 9.78 Å². The lowest BCUT2D eigenvalue weighted by atomic mass is 10.1. The summed E-state index contributed by atoms with van der Waals surface area (Å²) >= 11 is 0. The van der Waals surface area contributed by atoms with E-state index in [2.05, 4.69) is 16.0 Å². The maximum Gasteiger partial charge on any atom is 0.354 e. The molecule has 138 valence electrons. The Morgan fingerprint density at radius 1 is 1.25 bits per heavy atom. The van der Waals surface area contributed by atoms with Gasteiger partial charge in [0.1, 0.15) is 17.6 Å². The summed E-state index contributed by atoms with van der Waals surface area (Å²) in [6, 6.07) is 14.5. The van der Waals surface area contributed by atoms with Crippen molar-refractivity contribution in [3.63, 3.8) is 0 Å². The molecule has 0 unspecified atom stereocenters. The van der Waals surface area contributed by atoms with Crippen molar-refractivity contribution in [2.24, 2.45) is 0 Å². The molecule has 0 atom stereocenters. The third-order valence-corrected chi connectivity index (χ3v) is 4.44. The van der Waals surface area contributed by atoms with Gasteiger partial charge in [-0.2, -0.15) is 5.26 Å². The summed E-state index contributed by atoms with van der Waals surface area (Å²) in [5, 5.41) is 20.2. The normalized spacial score (nSPS) is 10.9. The fraction of sp³-hybridized carbons (Fsp3) is 0.0952. The predicted molar refractivity (Wildman–Crippen MR) is 103 cm³/mol. The molecule has 0 amide bonds. The smallest absolute Gasteiger partial charge is 0.354 e. The highest BCUT2D eigenvalue weighted by Crippen LogP contribution is 2.34. The summed E-state index contributed by atoms with van der Waals surface area (Å²) in [5.41, 5.74) is 2.41. The van der Waals surface area contributed by atoms with Crippen molar-refractivity contribution >= 4 is 27.8 Å². The zero-order valence-corrected chi connectivity index (χ0v) is 14.9. The van der Waals surface area contributed by atoms with Gasteiger partial charge in [0, 0.05) is 29.0 Å². The molecule has 0 saturated heterocycles. The minimum atomic E-state index is -1.11. The van der Waals surface area contributed by atoms with E-state index in [0.29, 0.717) is 28.1 Å². The number of benzene rings is 2. The number of H-pyrrole nitrogens is 1. The molecule has 2 aromatic carbocycles. The molecule has 28 heavy (non-hydrogen) atoms. The number of fused-ring (bicyclic) bond motifs is 3. The first-order valence-electron chi connectivity index (χ1n) is 8.45. The summed E-state index contributed by atoms with van der Waals surface area (Å²) in [6.45, 7) is 0.112. The largest absolute Gasteiger partial charge is 0.477 e. The van der Waals surface area contributed by atoms with Gasteiger partial charge in [-0.3, -0.25) is 0 Å². The van der Waals surface area contributed by atoms with Gasteiger partial charge in [0.2, 0.25) is 0 Å². The molecular weight excluding hydrogens is 358 g/mol. The molecule has 2 N–H and O–H groups in total. The second kappa shape index (κ2) is 7.02. The van der Waals surface area contributed by atoms with Crippen LogP contribution in [0.4, 0.5) is 0 Å². The zero-order valence-electron chi connectivity index (χ0n) is 14.9. The molecule has 4 rings (SSSR count). The van der Waals surface area contributed by atoms with Crippen LogP contribution in [-0.2, 0) is 11.3 Å². The monoisotopic (exact) mass is 373 g/mol. The molecule has 0 aliphatic rings. The van der Waals surface area contributed by atoms with Crippen molar-refractivity contribution in [3.8, 4) is 17.6 Å². The molecule has 0 fully saturated rings. The van der Waals surface area contributed by atoms with Crippen LogP contribution in [0.25, 0.3) is 21.8 Å². The summed E-state index contributed by atoms with van der Waals surface area (Å²) < 4.78 is 11.1. The maximum absolute atomic E-state index is 11.6. The highest BCUT2D eigenvalue weighted by atomic mass is 16.5. The van der Waals surface area contributed by atoms with E-state index in [4.69, 9.17) is 9.47 Å². The number of hydrogen-bond donors (Lipinski definition) is 2. The Balaban J connectivity index is 1.90. The van der Waals surface area contributed by atoms with Crippen LogP contribution in [0, 0.1) is 11.3 Å².